The van der Waals surface area contributed by atoms with Crippen LogP contribution in [0.25, 0.3) is 0 Å². The molecule has 2 atom stereocenters. The monoisotopic (exact) mass is 393 g/mol. The molecule has 5 nitrogen and oxygen atoms in total. The fraction of sp³-hybridized carbons (Fsp3) is 0.429. The highest BCUT2D eigenvalue weighted by Gasteiger charge is 2.34. The summed E-state index contributed by atoms with van der Waals surface area (Å²) in [5.41, 5.74) is 0.428. The lowest BCUT2D eigenvalue weighted by Crippen LogP contribution is -2.49. The SMILES string of the molecule is COc1ccc(CC2(O)CCNC(CCOc3ccc(O)cc3)C2)cc1.Cl. The van der Waals surface area contributed by atoms with E-state index in [-0.39, 0.29) is 24.2 Å². The summed E-state index contributed by atoms with van der Waals surface area (Å²) in [7, 11) is 1.65. The summed E-state index contributed by atoms with van der Waals surface area (Å²) in [6, 6.07) is 14.9. The zero-order valence-corrected chi connectivity index (χ0v) is 16.4. The summed E-state index contributed by atoms with van der Waals surface area (Å²) in [5.74, 6) is 1.80. The second kappa shape index (κ2) is 9.83. The van der Waals surface area contributed by atoms with Gasteiger partial charge in [-0.3, -0.25) is 0 Å². The maximum Gasteiger partial charge on any atom is 0.119 e. The number of nitrogens with one attached hydrogen (secondary N) is 1. The number of aliphatic hydroxyl groups is 1. The number of halogens is 1. The summed E-state index contributed by atoms with van der Waals surface area (Å²) >= 11 is 0. The van der Waals surface area contributed by atoms with Gasteiger partial charge in [0.2, 0.25) is 0 Å². The summed E-state index contributed by atoms with van der Waals surface area (Å²) in [6.07, 6.45) is 2.92. The Bertz CT molecular complexity index is 692. The Kier molecular flexibility index (Phi) is 7.78. The number of phenols is 1. The van der Waals surface area contributed by atoms with Crippen LogP contribution in [-0.4, -0.2) is 42.1 Å². The average molecular weight is 394 g/mol. The van der Waals surface area contributed by atoms with E-state index in [2.05, 4.69) is 5.32 Å². The van der Waals surface area contributed by atoms with Gasteiger partial charge in [0.05, 0.1) is 19.3 Å². The van der Waals surface area contributed by atoms with Crippen molar-refractivity contribution in [2.45, 2.75) is 37.3 Å². The van der Waals surface area contributed by atoms with Crippen LogP contribution in [0.5, 0.6) is 17.2 Å². The van der Waals surface area contributed by atoms with Crippen molar-refractivity contribution in [1.29, 1.82) is 0 Å². The molecule has 0 amide bonds. The minimum absolute atomic E-state index is 0. The molecule has 3 rings (SSSR count). The number of phenolic OH excluding ortho intramolecular Hbond substituents is 1. The van der Waals surface area contributed by atoms with Gasteiger partial charge in [-0.15, -0.1) is 12.4 Å². The van der Waals surface area contributed by atoms with E-state index in [0.717, 1.165) is 36.4 Å². The molecule has 1 saturated heterocycles. The molecule has 2 aromatic rings. The van der Waals surface area contributed by atoms with E-state index < -0.39 is 5.60 Å². The van der Waals surface area contributed by atoms with Crippen LogP contribution in [0.4, 0.5) is 0 Å². The number of rotatable bonds is 7. The minimum atomic E-state index is -0.691. The van der Waals surface area contributed by atoms with Crippen molar-refractivity contribution in [3.8, 4) is 17.2 Å². The van der Waals surface area contributed by atoms with Gasteiger partial charge in [-0.05, 0) is 67.8 Å². The maximum atomic E-state index is 11.0. The Morgan fingerprint density at radius 2 is 1.74 bits per heavy atom. The number of piperidine rings is 1. The van der Waals surface area contributed by atoms with Gasteiger partial charge in [-0.2, -0.15) is 0 Å². The van der Waals surface area contributed by atoms with Gasteiger partial charge in [-0.1, -0.05) is 12.1 Å². The zero-order chi connectivity index (χ0) is 18.4. The molecule has 0 spiro atoms. The van der Waals surface area contributed by atoms with Crippen LogP contribution < -0.4 is 14.8 Å². The molecule has 2 aromatic carbocycles. The van der Waals surface area contributed by atoms with E-state index in [0.29, 0.717) is 19.4 Å². The van der Waals surface area contributed by atoms with Gasteiger partial charge in [0.15, 0.2) is 0 Å². The summed E-state index contributed by atoms with van der Waals surface area (Å²) in [4.78, 5) is 0. The largest absolute Gasteiger partial charge is 0.508 e. The van der Waals surface area contributed by atoms with Gasteiger partial charge in [0, 0.05) is 12.5 Å². The molecule has 2 unspecified atom stereocenters. The minimum Gasteiger partial charge on any atom is -0.508 e. The van der Waals surface area contributed by atoms with Crippen LogP contribution in [0.1, 0.15) is 24.8 Å². The zero-order valence-electron chi connectivity index (χ0n) is 15.6. The molecule has 0 aromatic heterocycles. The number of methoxy groups -OCH3 is 1. The first-order valence-corrected chi connectivity index (χ1v) is 9.07. The van der Waals surface area contributed by atoms with Gasteiger partial charge in [0.25, 0.3) is 0 Å². The molecule has 0 saturated carbocycles. The van der Waals surface area contributed by atoms with Crippen LogP contribution in [0, 0.1) is 0 Å². The van der Waals surface area contributed by atoms with Crippen molar-refractivity contribution in [3.05, 3.63) is 54.1 Å². The predicted molar refractivity (Wildman–Crippen MR) is 108 cm³/mol. The fourth-order valence-electron chi connectivity index (χ4n) is 3.49. The highest BCUT2D eigenvalue weighted by Crippen LogP contribution is 2.28. The molecular formula is C21H28ClNO4. The van der Waals surface area contributed by atoms with Crippen molar-refractivity contribution in [2.75, 3.05) is 20.3 Å². The van der Waals surface area contributed by atoms with Crippen molar-refractivity contribution in [2.24, 2.45) is 0 Å². The first-order valence-electron chi connectivity index (χ1n) is 9.07. The fourth-order valence-corrected chi connectivity index (χ4v) is 3.49. The Labute approximate surface area is 166 Å². The molecule has 3 N–H and O–H groups in total. The first kappa shape index (κ1) is 21.4. The summed E-state index contributed by atoms with van der Waals surface area (Å²) in [5, 5.41) is 23.8. The summed E-state index contributed by atoms with van der Waals surface area (Å²) < 4.78 is 10.9. The van der Waals surface area contributed by atoms with Gasteiger partial charge in [0.1, 0.15) is 17.2 Å². The van der Waals surface area contributed by atoms with E-state index >= 15 is 0 Å². The molecule has 1 fully saturated rings. The standard InChI is InChI=1S/C21H27NO4.ClH/c1-25-19-6-2-16(3-7-19)14-21(24)11-12-22-17(15-21)10-13-26-20-8-4-18(23)5-9-20;/h2-9,17,22-24H,10-15H2,1H3;1H. The lowest BCUT2D eigenvalue weighted by molar-refractivity contribution is -0.00627. The van der Waals surface area contributed by atoms with E-state index in [9.17, 15) is 10.2 Å². The van der Waals surface area contributed by atoms with Crippen molar-refractivity contribution >= 4 is 12.4 Å². The molecule has 1 heterocycles. The number of hydrogen-bond donors (Lipinski definition) is 3. The smallest absolute Gasteiger partial charge is 0.119 e. The normalized spacial score (nSPS) is 21.9. The molecule has 0 bridgehead atoms. The molecule has 0 radical (unpaired) electrons. The maximum absolute atomic E-state index is 11.0. The van der Waals surface area contributed by atoms with Gasteiger partial charge < -0.3 is 25.0 Å². The Hall–Kier alpha value is -1.95. The Morgan fingerprint density at radius 3 is 2.41 bits per heavy atom. The lowest BCUT2D eigenvalue weighted by atomic mass is 9.82. The Balaban J connectivity index is 0.00000261. The second-order valence-electron chi connectivity index (χ2n) is 6.99. The van der Waals surface area contributed by atoms with E-state index in [1.54, 1.807) is 31.4 Å². The predicted octanol–water partition coefficient (Wildman–Crippen LogP) is 3.32. The molecule has 1 aliphatic rings. The lowest BCUT2D eigenvalue weighted by Gasteiger charge is -2.38. The highest BCUT2D eigenvalue weighted by atomic mass is 35.5. The second-order valence-corrected chi connectivity index (χ2v) is 6.99. The molecule has 148 valence electrons. The quantitative estimate of drug-likeness (QED) is 0.673. The van der Waals surface area contributed by atoms with Crippen molar-refractivity contribution in [3.63, 3.8) is 0 Å². The first-order chi connectivity index (χ1) is 12.6. The third kappa shape index (κ3) is 6.31. The number of ether oxygens (including phenoxy) is 2. The van der Waals surface area contributed by atoms with E-state index in [1.807, 2.05) is 24.3 Å². The average Bonchev–Trinajstić information content (AvgIpc) is 2.64. The molecule has 27 heavy (non-hydrogen) atoms. The van der Waals surface area contributed by atoms with E-state index in [4.69, 9.17) is 9.47 Å². The van der Waals surface area contributed by atoms with Crippen LogP contribution in [0.3, 0.4) is 0 Å². The number of hydrogen-bond acceptors (Lipinski definition) is 5. The van der Waals surface area contributed by atoms with Gasteiger partial charge in [-0.25, -0.2) is 0 Å². The number of aromatic hydroxyl groups is 1. The highest BCUT2D eigenvalue weighted by molar-refractivity contribution is 5.85. The van der Waals surface area contributed by atoms with Crippen molar-refractivity contribution < 1.29 is 19.7 Å². The molecule has 1 aliphatic heterocycles. The topological polar surface area (TPSA) is 71.0 Å². The third-order valence-electron chi connectivity index (χ3n) is 4.91. The third-order valence-corrected chi connectivity index (χ3v) is 4.91. The van der Waals surface area contributed by atoms with Crippen LogP contribution in [-0.2, 0) is 6.42 Å². The van der Waals surface area contributed by atoms with Crippen LogP contribution >= 0.6 is 12.4 Å². The molecule has 6 heteroatoms. The number of benzene rings is 2. The van der Waals surface area contributed by atoms with Crippen LogP contribution in [0.15, 0.2) is 48.5 Å². The molecular weight excluding hydrogens is 366 g/mol. The molecule has 0 aliphatic carbocycles. The summed E-state index contributed by atoms with van der Waals surface area (Å²) in [6.45, 7) is 1.37. The van der Waals surface area contributed by atoms with E-state index in [1.165, 1.54) is 0 Å². The van der Waals surface area contributed by atoms with Gasteiger partial charge >= 0.3 is 0 Å². The Morgan fingerprint density at radius 1 is 1.07 bits per heavy atom. The van der Waals surface area contributed by atoms with Crippen LogP contribution in [0.2, 0.25) is 0 Å². The van der Waals surface area contributed by atoms with Crippen molar-refractivity contribution in [1.82, 2.24) is 5.32 Å².